The Hall–Kier alpha value is -1.42. The van der Waals surface area contributed by atoms with Crippen molar-refractivity contribution in [3.05, 3.63) is 30.1 Å². The zero-order valence-corrected chi connectivity index (χ0v) is 7.39. The first-order valence-corrected chi connectivity index (χ1v) is 4.19. The molecule has 4 nitrogen and oxygen atoms in total. The van der Waals surface area contributed by atoms with E-state index in [1.807, 2.05) is 12.1 Å². The minimum absolute atomic E-state index is 0.563. The van der Waals surface area contributed by atoms with E-state index in [4.69, 9.17) is 10.6 Å². The summed E-state index contributed by atoms with van der Waals surface area (Å²) in [5.74, 6) is 0. The number of nitrogens with two attached hydrogens (primary N) is 1. The predicted octanol–water partition coefficient (Wildman–Crippen LogP) is 0.781. The van der Waals surface area contributed by atoms with E-state index in [9.17, 15) is 0 Å². The lowest BCUT2D eigenvalue weighted by Crippen LogP contribution is -2.02. The summed E-state index contributed by atoms with van der Waals surface area (Å²) in [5.41, 5.74) is 6.21. The van der Waals surface area contributed by atoms with E-state index in [1.54, 1.807) is 18.6 Å². The molecular weight excluding hydrogens is 166 g/mol. The van der Waals surface area contributed by atoms with Crippen molar-refractivity contribution in [1.82, 2.24) is 4.98 Å². The largest absolute Gasteiger partial charge is 0.396 e. The number of oxime groups is 1. The number of rotatable bonds is 5. The van der Waals surface area contributed by atoms with Crippen molar-refractivity contribution in [3.8, 4) is 0 Å². The summed E-state index contributed by atoms with van der Waals surface area (Å²) in [4.78, 5) is 8.87. The molecule has 0 saturated carbocycles. The molecule has 0 amide bonds. The number of pyridine rings is 1. The van der Waals surface area contributed by atoms with Gasteiger partial charge >= 0.3 is 0 Å². The molecule has 0 fully saturated rings. The van der Waals surface area contributed by atoms with Crippen molar-refractivity contribution in [1.29, 1.82) is 0 Å². The Morgan fingerprint density at radius 2 is 2.54 bits per heavy atom. The maximum absolute atomic E-state index is 5.28. The molecule has 0 saturated heterocycles. The minimum atomic E-state index is 0.563. The van der Waals surface area contributed by atoms with E-state index in [1.165, 1.54) is 0 Å². The van der Waals surface area contributed by atoms with Gasteiger partial charge in [0, 0.05) is 18.0 Å². The molecule has 1 heterocycles. The highest BCUT2D eigenvalue weighted by molar-refractivity contribution is 5.78. The molecule has 1 rings (SSSR count). The van der Waals surface area contributed by atoms with Crippen LogP contribution in [0.1, 0.15) is 12.0 Å². The Bertz CT molecular complexity index is 248. The van der Waals surface area contributed by atoms with Gasteiger partial charge in [-0.15, -0.1) is 0 Å². The number of aromatic nitrogens is 1. The molecule has 0 aliphatic rings. The quantitative estimate of drug-likeness (QED) is 0.413. The Morgan fingerprint density at radius 3 is 3.23 bits per heavy atom. The van der Waals surface area contributed by atoms with E-state index < -0.39 is 0 Å². The van der Waals surface area contributed by atoms with Crippen molar-refractivity contribution in [2.75, 3.05) is 13.2 Å². The zero-order chi connectivity index (χ0) is 9.36. The van der Waals surface area contributed by atoms with Crippen LogP contribution in [0.4, 0.5) is 0 Å². The van der Waals surface area contributed by atoms with E-state index in [0.29, 0.717) is 13.2 Å². The maximum atomic E-state index is 5.28. The first kappa shape index (κ1) is 9.67. The van der Waals surface area contributed by atoms with Gasteiger partial charge in [0.15, 0.2) is 0 Å². The lowest BCUT2D eigenvalue weighted by molar-refractivity contribution is 0.145. The third kappa shape index (κ3) is 4.22. The van der Waals surface area contributed by atoms with Gasteiger partial charge in [-0.3, -0.25) is 4.98 Å². The van der Waals surface area contributed by atoms with Crippen molar-refractivity contribution >= 4 is 6.21 Å². The van der Waals surface area contributed by atoms with Crippen molar-refractivity contribution in [3.63, 3.8) is 0 Å². The van der Waals surface area contributed by atoms with Gasteiger partial charge in [0.05, 0.1) is 6.21 Å². The number of hydrogen-bond acceptors (Lipinski definition) is 4. The van der Waals surface area contributed by atoms with E-state index in [0.717, 1.165) is 12.0 Å². The molecule has 0 radical (unpaired) electrons. The van der Waals surface area contributed by atoms with Gasteiger partial charge in [-0.2, -0.15) is 0 Å². The molecule has 0 unspecified atom stereocenters. The van der Waals surface area contributed by atoms with Crippen LogP contribution in [0.25, 0.3) is 0 Å². The van der Waals surface area contributed by atoms with Crippen LogP contribution in [0.5, 0.6) is 0 Å². The summed E-state index contributed by atoms with van der Waals surface area (Å²) in [5, 5.41) is 3.76. The first-order chi connectivity index (χ1) is 6.43. The summed E-state index contributed by atoms with van der Waals surface area (Å²) in [6, 6.07) is 3.75. The van der Waals surface area contributed by atoms with Crippen LogP contribution in [-0.4, -0.2) is 24.4 Å². The smallest absolute Gasteiger partial charge is 0.118 e. The molecule has 0 aromatic carbocycles. The SMILES string of the molecule is NCCCO/N=C/c1cccnc1. The third-order valence-electron chi connectivity index (χ3n) is 1.40. The molecule has 1 aromatic heterocycles. The predicted molar refractivity (Wildman–Crippen MR) is 51.5 cm³/mol. The highest BCUT2D eigenvalue weighted by Gasteiger charge is 1.85. The third-order valence-corrected chi connectivity index (χ3v) is 1.40. The minimum Gasteiger partial charge on any atom is -0.396 e. The Kier molecular flexibility index (Phi) is 4.56. The van der Waals surface area contributed by atoms with Crippen LogP contribution in [0, 0.1) is 0 Å². The number of nitrogens with zero attached hydrogens (tertiary/aromatic N) is 2. The van der Waals surface area contributed by atoms with E-state index >= 15 is 0 Å². The Morgan fingerprint density at radius 1 is 1.62 bits per heavy atom. The second-order valence-electron chi connectivity index (χ2n) is 2.50. The fourth-order valence-electron chi connectivity index (χ4n) is 0.751. The molecule has 2 N–H and O–H groups in total. The average Bonchev–Trinajstić information content (AvgIpc) is 2.19. The fraction of sp³-hybridized carbons (Fsp3) is 0.333. The second-order valence-corrected chi connectivity index (χ2v) is 2.50. The van der Waals surface area contributed by atoms with Gasteiger partial charge < -0.3 is 10.6 Å². The molecule has 4 heteroatoms. The summed E-state index contributed by atoms with van der Waals surface area (Å²) in [7, 11) is 0. The highest BCUT2D eigenvalue weighted by atomic mass is 16.6. The highest BCUT2D eigenvalue weighted by Crippen LogP contribution is 1.91. The zero-order valence-electron chi connectivity index (χ0n) is 7.39. The van der Waals surface area contributed by atoms with Gasteiger partial charge in [-0.25, -0.2) is 0 Å². The Balaban J connectivity index is 2.25. The standard InChI is InChI=1S/C9H13N3O/c10-4-2-6-13-12-8-9-3-1-5-11-7-9/h1,3,5,7-8H,2,4,6,10H2/b12-8+. The van der Waals surface area contributed by atoms with Crippen LogP contribution < -0.4 is 5.73 Å². The van der Waals surface area contributed by atoms with Gasteiger partial charge in [0.1, 0.15) is 6.61 Å². The molecule has 0 spiro atoms. The molecule has 0 bridgehead atoms. The maximum Gasteiger partial charge on any atom is 0.118 e. The van der Waals surface area contributed by atoms with Gasteiger partial charge in [-0.05, 0) is 19.0 Å². The molecular formula is C9H13N3O. The number of hydrogen-bond donors (Lipinski definition) is 1. The molecule has 13 heavy (non-hydrogen) atoms. The van der Waals surface area contributed by atoms with Gasteiger partial charge in [0.25, 0.3) is 0 Å². The normalized spacial score (nSPS) is 10.5. The van der Waals surface area contributed by atoms with Gasteiger partial charge in [0.2, 0.25) is 0 Å². The Labute approximate surface area is 77.4 Å². The van der Waals surface area contributed by atoms with E-state index in [2.05, 4.69) is 10.1 Å². The summed E-state index contributed by atoms with van der Waals surface area (Å²) >= 11 is 0. The van der Waals surface area contributed by atoms with Gasteiger partial charge in [-0.1, -0.05) is 11.2 Å². The van der Waals surface area contributed by atoms with E-state index in [-0.39, 0.29) is 0 Å². The topological polar surface area (TPSA) is 60.5 Å². The summed E-state index contributed by atoms with van der Waals surface area (Å²) < 4.78 is 0. The van der Waals surface area contributed by atoms with Crippen LogP contribution in [0.15, 0.2) is 29.7 Å². The first-order valence-electron chi connectivity index (χ1n) is 4.19. The summed E-state index contributed by atoms with van der Waals surface area (Å²) in [6.07, 6.45) is 5.89. The molecule has 0 atom stereocenters. The van der Waals surface area contributed by atoms with Crippen molar-refractivity contribution < 1.29 is 4.84 Å². The summed E-state index contributed by atoms with van der Waals surface area (Å²) in [6.45, 7) is 1.19. The molecule has 70 valence electrons. The lowest BCUT2D eigenvalue weighted by Gasteiger charge is -1.95. The fourth-order valence-corrected chi connectivity index (χ4v) is 0.751. The lowest BCUT2D eigenvalue weighted by atomic mass is 10.3. The van der Waals surface area contributed by atoms with Crippen molar-refractivity contribution in [2.24, 2.45) is 10.9 Å². The molecule has 1 aromatic rings. The van der Waals surface area contributed by atoms with Crippen LogP contribution in [-0.2, 0) is 4.84 Å². The van der Waals surface area contributed by atoms with Crippen LogP contribution in [0.3, 0.4) is 0 Å². The second kappa shape index (κ2) is 6.14. The molecule has 0 aliphatic carbocycles. The molecule has 0 aliphatic heterocycles. The monoisotopic (exact) mass is 179 g/mol. The average molecular weight is 179 g/mol. The van der Waals surface area contributed by atoms with Crippen molar-refractivity contribution in [2.45, 2.75) is 6.42 Å². The van der Waals surface area contributed by atoms with Crippen LogP contribution >= 0.6 is 0 Å². The van der Waals surface area contributed by atoms with Crippen LogP contribution in [0.2, 0.25) is 0 Å².